The van der Waals surface area contributed by atoms with Crippen molar-refractivity contribution < 1.29 is 9.18 Å². The van der Waals surface area contributed by atoms with Crippen molar-refractivity contribution in [2.75, 3.05) is 0 Å². The average Bonchev–Trinajstić information content (AvgIpc) is 2.65. The molecule has 0 unspecified atom stereocenters. The van der Waals surface area contributed by atoms with E-state index in [4.69, 9.17) is 0 Å². The van der Waals surface area contributed by atoms with Gasteiger partial charge >= 0.3 is 0 Å². The van der Waals surface area contributed by atoms with E-state index in [0.29, 0.717) is 11.3 Å². The van der Waals surface area contributed by atoms with E-state index in [9.17, 15) is 9.18 Å². The SMILES string of the molecule is Cn1cccc1C(=O)c1ccc(F)cc1. The lowest BCUT2D eigenvalue weighted by Gasteiger charge is -2.02. The predicted molar refractivity (Wildman–Crippen MR) is 55.2 cm³/mol. The van der Waals surface area contributed by atoms with E-state index in [1.165, 1.54) is 24.3 Å². The third-order valence-electron chi connectivity index (χ3n) is 2.28. The topological polar surface area (TPSA) is 22.0 Å². The van der Waals surface area contributed by atoms with Crippen molar-refractivity contribution in [1.82, 2.24) is 4.57 Å². The number of benzene rings is 1. The molecule has 15 heavy (non-hydrogen) atoms. The van der Waals surface area contributed by atoms with Crippen LogP contribution in [0.4, 0.5) is 4.39 Å². The van der Waals surface area contributed by atoms with Crippen LogP contribution in [0.15, 0.2) is 42.6 Å². The van der Waals surface area contributed by atoms with Gasteiger partial charge in [0.2, 0.25) is 5.78 Å². The molecule has 0 spiro atoms. The zero-order valence-electron chi connectivity index (χ0n) is 8.27. The normalized spacial score (nSPS) is 10.3. The number of rotatable bonds is 2. The van der Waals surface area contributed by atoms with Crippen molar-refractivity contribution in [3.05, 3.63) is 59.7 Å². The van der Waals surface area contributed by atoms with Crippen LogP contribution in [0.1, 0.15) is 16.1 Å². The minimum absolute atomic E-state index is 0.0949. The van der Waals surface area contributed by atoms with Gasteiger partial charge in [-0.15, -0.1) is 0 Å². The van der Waals surface area contributed by atoms with Crippen LogP contribution in [0.2, 0.25) is 0 Å². The fourth-order valence-corrected chi connectivity index (χ4v) is 1.45. The molecule has 0 saturated carbocycles. The second-order valence-electron chi connectivity index (χ2n) is 3.34. The standard InChI is InChI=1S/C12H10FNO/c1-14-8-2-3-11(14)12(15)9-4-6-10(13)7-5-9/h2-8H,1H3. The van der Waals surface area contributed by atoms with Crippen LogP contribution in [0, 0.1) is 5.82 Å². The van der Waals surface area contributed by atoms with E-state index in [1.54, 1.807) is 29.9 Å². The molecular formula is C12H10FNO. The Hall–Kier alpha value is -1.90. The molecule has 2 rings (SSSR count). The molecule has 1 aromatic carbocycles. The van der Waals surface area contributed by atoms with Crippen molar-refractivity contribution in [3.63, 3.8) is 0 Å². The largest absolute Gasteiger partial charge is 0.348 e. The fourth-order valence-electron chi connectivity index (χ4n) is 1.45. The van der Waals surface area contributed by atoms with Crippen LogP contribution in [-0.2, 0) is 7.05 Å². The van der Waals surface area contributed by atoms with Crippen molar-refractivity contribution in [1.29, 1.82) is 0 Å². The van der Waals surface area contributed by atoms with Gasteiger partial charge in [-0.1, -0.05) is 0 Å². The van der Waals surface area contributed by atoms with Gasteiger partial charge in [0.15, 0.2) is 0 Å². The summed E-state index contributed by atoms with van der Waals surface area (Å²) >= 11 is 0. The zero-order valence-corrected chi connectivity index (χ0v) is 8.27. The van der Waals surface area contributed by atoms with Crippen LogP contribution in [0.25, 0.3) is 0 Å². The number of carbonyl (C=O) groups is 1. The highest BCUT2D eigenvalue weighted by Crippen LogP contribution is 2.10. The molecule has 2 nitrogen and oxygen atoms in total. The predicted octanol–water partition coefficient (Wildman–Crippen LogP) is 2.40. The second-order valence-corrected chi connectivity index (χ2v) is 3.34. The zero-order chi connectivity index (χ0) is 10.8. The first kappa shape index (κ1) is 9.65. The van der Waals surface area contributed by atoms with Crippen LogP contribution in [0.3, 0.4) is 0 Å². The van der Waals surface area contributed by atoms with Crippen LogP contribution in [-0.4, -0.2) is 10.4 Å². The molecule has 1 aromatic heterocycles. The van der Waals surface area contributed by atoms with E-state index in [1.807, 2.05) is 0 Å². The smallest absolute Gasteiger partial charge is 0.209 e. The molecule has 1 heterocycles. The Morgan fingerprint density at radius 1 is 1.20 bits per heavy atom. The Kier molecular flexibility index (Phi) is 2.37. The second kappa shape index (κ2) is 3.69. The quantitative estimate of drug-likeness (QED) is 0.687. The summed E-state index contributed by atoms with van der Waals surface area (Å²) in [6.07, 6.45) is 1.80. The molecular weight excluding hydrogens is 193 g/mol. The van der Waals surface area contributed by atoms with Crippen molar-refractivity contribution in [3.8, 4) is 0 Å². The molecule has 0 atom stereocenters. The molecule has 3 heteroatoms. The molecule has 2 aromatic rings. The maximum atomic E-state index is 12.7. The number of halogens is 1. The first-order valence-corrected chi connectivity index (χ1v) is 4.60. The molecule has 0 fully saturated rings. The molecule has 0 N–H and O–H groups in total. The number of hydrogen-bond donors (Lipinski definition) is 0. The summed E-state index contributed by atoms with van der Waals surface area (Å²) in [5.74, 6) is -0.430. The lowest BCUT2D eigenvalue weighted by molar-refractivity contribution is 0.103. The number of ketones is 1. The first-order chi connectivity index (χ1) is 7.18. The Balaban J connectivity index is 2.37. The summed E-state index contributed by atoms with van der Waals surface area (Å²) in [5, 5.41) is 0. The summed E-state index contributed by atoms with van der Waals surface area (Å²) in [7, 11) is 1.80. The van der Waals surface area contributed by atoms with Crippen molar-refractivity contribution in [2.24, 2.45) is 7.05 Å². The molecule has 0 bridgehead atoms. The number of carbonyl (C=O) groups excluding carboxylic acids is 1. The Morgan fingerprint density at radius 3 is 2.40 bits per heavy atom. The number of nitrogens with zero attached hydrogens (tertiary/aromatic N) is 1. The van der Waals surface area contributed by atoms with E-state index in [2.05, 4.69) is 0 Å². The highest BCUT2D eigenvalue weighted by Gasteiger charge is 2.11. The summed E-state index contributed by atoms with van der Waals surface area (Å²) in [6.45, 7) is 0. The molecule has 0 aliphatic rings. The van der Waals surface area contributed by atoms with Crippen LogP contribution >= 0.6 is 0 Å². The summed E-state index contributed by atoms with van der Waals surface area (Å²) in [4.78, 5) is 11.9. The van der Waals surface area contributed by atoms with Gasteiger partial charge in [0, 0.05) is 18.8 Å². The molecule has 0 radical (unpaired) electrons. The summed E-state index contributed by atoms with van der Waals surface area (Å²) in [5.41, 5.74) is 1.10. The van der Waals surface area contributed by atoms with Gasteiger partial charge in [0.05, 0.1) is 5.69 Å². The van der Waals surface area contributed by atoms with Crippen molar-refractivity contribution >= 4 is 5.78 Å². The van der Waals surface area contributed by atoms with Gasteiger partial charge in [-0.3, -0.25) is 4.79 Å². The van der Waals surface area contributed by atoms with Gasteiger partial charge in [-0.05, 0) is 36.4 Å². The lowest BCUT2D eigenvalue weighted by atomic mass is 10.1. The highest BCUT2D eigenvalue weighted by atomic mass is 19.1. The van der Waals surface area contributed by atoms with E-state index >= 15 is 0 Å². The molecule has 0 aliphatic carbocycles. The van der Waals surface area contributed by atoms with Crippen molar-refractivity contribution in [2.45, 2.75) is 0 Å². The summed E-state index contributed by atoms with van der Waals surface area (Å²) < 4.78 is 14.4. The van der Waals surface area contributed by atoms with E-state index < -0.39 is 0 Å². The molecule has 0 aliphatic heterocycles. The van der Waals surface area contributed by atoms with Gasteiger partial charge in [-0.25, -0.2) is 4.39 Å². The Labute approximate surface area is 87.0 Å². The minimum atomic E-state index is -0.335. The maximum Gasteiger partial charge on any atom is 0.209 e. The summed E-state index contributed by atoms with van der Waals surface area (Å²) in [6, 6.07) is 9.10. The van der Waals surface area contributed by atoms with E-state index in [0.717, 1.165) is 0 Å². The maximum absolute atomic E-state index is 12.7. The number of aromatic nitrogens is 1. The Bertz CT molecular complexity index is 485. The fraction of sp³-hybridized carbons (Fsp3) is 0.0833. The monoisotopic (exact) mass is 203 g/mol. The molecule has 0 amide bonds. The van der Waals surface area contributed by atoms with Crippen LogP contribution in [0.5, 0.6) is 0 Å². The number of aryl methyl sites for hydroxylation is 1. The highest BCUT2D eigenvalue weighted by molar-refractivity contribution is 6.07. The average molecular weight is 203 g/mol. The number of hydrogen-bond acceptors (Lipinski definition) is 1. The van der Waals surface area contributed by atoms with Gasteiger partial charge < -0.3 is 4.57 Å². The molecule has 76 valence electrons. The lowest BCUT2D eigenvalue weighted by Crippen LogP contribution is -2.06. The first-order valence-electron chi connectivity index (χ1n) is 4.60. The van der Waals surface area contributed by atoms with Gasteiger partial charge in [-0.2, -0.15) is 0 Å². The molecule has 0 saturated heterocycles. The van der Waals surface area contributed by atoms with Gasteiger partial charge in [0.1, 0.15) is 5.82 Å². The van der Waals surface area contributed by atoms with E-state index in [-0.39, 0.29) is 11.6 Å². The van der Waals surface area contributed by atoms with Gasteiger partial charge in [0.25, 0.3) is 0 Å². The Morgan fingerprint density at radius 2 is 1.87 bits per heavy atom. The third kappa shape index (κ3) is 1.81. The van der Waals surface area contributed by atoms with Crippen LogP contribution < -0.4 is 0 Å². The minimum Gasteiger partial charge on any atom is -0.348 e. The third-order valence-corrected chi connectivity index (χ3v) is 2.28.